The Morgan fingerprint density at radius 1 is 1.47 bits per heavy atom. The highest BCUT2D eigenvalue weighted by Crippen LogP contribution is 2.21. The zero-order valence-corrected chi connectivity index (χ0v) is 8.59. The smallest absolute Gasteiger partial charge is 0.185 e. The van der Waals surface area contributed by atoms with Crippen molar-refractivity contribution in [2.75, 3.05) is 6.54 Å². The number of nitriles is 1. The van der Waals surface area contributed by atoms with Crippen LogP contribution in [0.3, 0.4) is 0 Å². The maximum Gasteiger partial charge on any atom is 0.185 e. The molecule has 0 aliphatic carbocycles. The summed E-state index contributed by atoms with van der Waals surface area (Å²) in [7, 11) is 0. The van der Waals surface area contributed by atoms with E-state index in [0.717, 1.165) is 0 Å². The monoisotopic (exact) mass is 200 g/mol. The Labute approximate surface area is 88.8 Å². The van der Waals surface area contributed by atoms with Crippen molar-refractivity contribution in [3.05, 3.63) is 35.9 Å². The van der Waals surface area contributed by atoms with Crippen LogP contribution < -0.4 is 0 Å². The molecule has 4 nitrogen and oxygen atoms in total. The zero-order valence-electron chi connectivity index (χ0n) is 8.59. The largest absolute Gasteiger partial charge is 0.271 e. The predicted octanol–water partition coefficient (Wildman–Crippen LogP) is 2.15. The maximum atomic E-state index is 8.88. The molecular formula is C11H12N4. The van der Waals surface area contributed by atoms with Crippen molar-refractivity contribution in [2.45, 2.75) is 19.0 Å². The Morgan fingerprint density at radius 3 is 2.80 bits per heavy atom. The van der Waals surface area contributed by atoms with E-state index >= 15 is 0 Å². The molecule has 1 aromatic rings. The van der Waals surface area contributed by atoms with Gasteiger partial charge in [-0.05, 0) is 12.5 Å². The van der Waals surface area contributed by atoms with Crippen LogP contribution >= 0.6 is 0 Å². The highest BCUT2D eigenvalue weighted by Gasteiger charge is 2.31. The van der Waals surface area contributed by atoms with E-state index in [4.69, 9.17) is 5.26 Å². The molecule has 0 amide bonds. The molecule has 0 fully saturated rings. The molecule has 15 heavy (non-hydrogen) atoms. The van der Waals surface area contributed by atoms with Crippen molar-refractivity contribution >= 4 is 0 Å². The second-order valence-corrected chi connectivity index (χ2v) is 3.88. The van der Waals surface area contributed by atoms with Crippen LogP contribution in [0.15, 0.2) is 40.7 Å². The molecular weight excluding hydrogens is 188 g/mol. The van der Waals surface area contributed by atoms with Gasteiger partial charge < -0.3 is 0 Å². The summed E-state index contributed by atoms with van der Waals surface area (Å²) in [6.07, 6.45) is 0. The molecule has 0 saturated carbocycles. The summed E-state index contributed by atoms with van der Waals surface area (Å²) in [6, 6.07) is 12.2. The summed E-state index contributed by atoms with van der Waals surface area (Å²) < 4.78 is 0. The molecule has 1 unspecified atom stereocenters. The second kappa shape index (κ2) is 3.70. The third kappa shape index (κ3) is 2.13. The standard InChI is InChI=1S/C11H12N4/c1-11(8-12)9-15(14-13-11)7-10-5-3-2-4-6-10/h2-6H,7,9H2,1H3. The summed E-state index contributed by atoms with van der Waals surface area (Å²) >= 11 is 0. The summed E-state index contributed by atoms with van der Waals surface area (Å²) in [5, 5.41) is 18.6. The van der Waals surface area contributed by atoms with Crippen LogP contribution in [-0.4, -0.2) is 17.1 Å². The van der Waals surface area contributed by atoms with Crippen molar-refractivity contribution < 1.29 is 0 Å². The lowest BCUT2D eigenvalue weighted by Crippen LogP contribution is -2.28. The molecule has 2 rings (SSSR count). The fourth-order valence-electron chi connectivity index (χ4n) is 1.52. The van der Waals surface area contributed by atoms with Crippen LogP contribution in [-0.2, 0) is 6.54 Å². The highest BCUT2D eigenvalue weighted by atomic mass is 15.6. The number of hydrogen-bond donors (Lipinski definition) is 0. The summed E-state index contributed by atoms with van der Waals surface area (Å²) in [5.41, 5.74) is 0.507. The van der Waals surface area contributed by atoms with Gasteiger partial charge in [-0.15, -0.1) is 5.11 Å². The third-order valence-corrected chi connectivity index (χ3v) is 2.33. The number of hydrogen-bond acceptors (Lipinski definition) is 4. The van der Waals surface area contributed by atoms with Gasteiger partial charge in [0, 0.05) is 0 Å². The molecule has 1 atom stereocenters. The SMILES string of the molecule is CC1(C#N)CN(Cc2ccccc2)N=N1. The minimum atomic E-state index is -0.672. The van der Waals surface area contributed by atoms with E-state index in [9.17, 15) is 0 Å². The van der Waals surface area contributed by atoms with Crippen LogP contribution in [0.5, 0.6) is 0 Å². The van der Waals surface area contributed by atoms with Gasteiger partial charge in [0.15, 0.2) is 5.54 Å². The van der Waals surface area contributed by atoms with Gasteiger partial charge in [0.05, 0.1) is 19.2 Å². The molecule has 4 heteroatoms. The van der Waals surface area contributed by atoms with E-state index < -0.39 is 5.54 Å². The number of benzene rings is 1. The molecule has 0 spiro atoms. The first-order chi connectivity index (χ1) is 7.22. The quantitative estimate of drug-likeness (QED) is 0.734. The first-order valence-corrected chi connectivity index (χ1v) is 4.85. The van der Waals surface area contributed by atoms with Gasteiger partial charge in [-0.25, -0.2) is 0 Å². The minimum absolute atomic E-state index is 0.568. The van der Waals surface area contributed by atoms with Gasteiger partial charge in [-0.2, -0.15) is 5.26 Å². The lowest BCUT2D eigenvalue weighted by atomic mass is 10.1. The maximum absolute atomic E-state index is 8.88. The van der Waals surface area contributed by atoms with E-state index in [0.29, 0.717) is 13.1 Å². The Morgan fingerprint density at radius 2 is 2.20 bits per heavy atom. The van der Waals surface area contributed by atoms with E-state index in [-0.39, 0.29) is 0 Å². The first kappa shape index (κ1) is 9.66. The van der Waals surface area contributed by atoms with Crippen molar-refractivity contribution in [1.82, 2.24) is 5.01 Å². The van der Waals surface area contributed by atoms with Crippen LogP contribution in [0, 0.1) is 11.3 Å². The fourth-order valence-corrected chi connectivity index (χ4v) is 1.52. The lowest BCUT2D eigenvalue weighted by molar-refractivity contribution is 0.292. The molecule has 0 saturated heterocycles. The lowest BCUT2D eigenvalue weighted by Gasteiger charge is -2.14. The summed E-state index contributed by atoms with van der Waals surface area (Å²) in [5.74, 6) is 0. The third-order valence-electron chi connectivity index (χ3n) is 2.33. The van der Waals surface area contributed by atoms with Gasteiger partial charge in [-0.3, -0.25) is 5.01 Å². The van der Waals surface area contributed by atoms with Crippen LogP contribution in [0.1, 0.15) is 12.5 Å². The van der Waals surface area contributed by atoms with Gasteiger partial charge in [-0.1, -0.05) is 35.6 Å². The van der Waals surface area contributed by atoms with E-state index in [1.54, 1.807) is 6.92 Å². The molecule has 0 aromatic heterocycles. The van der Waals surface area contributed by atoms with Crippen LogP contribution in [0.25, 0.3) is 0 Å². The van der Waals surface area contributed by atoms with Crippen molar-refractivity contribution in [2.24, 2.45) is 10.3 Å². The molecule has 1 aliphatic rings. The summed E-state index contributed by atoms with van der Waals surface area (Å²) in [6.45, 7) is 3.07. The Kier molecular flexibility index (Phi) is 2.38. The minimum Gasteiger partial charge on any atom is -0.271 e. The van der Waals surface area contributed by atoms with Gasteiger partial charge >= 0.3 is 0 Å². The Bertz CT molecular complexity index is 406. The van der Waals surface area contributed by atoms with Gasteiger partial charge in [0.2, 0.25) is 0 Å². The van der Waals surface area contributed by atoms with Crippen LogP contribution in [0.4, 0.5) is 0 Å². The van der Waals surface area contributed by atoms with E-state index in [1.807, 2.05) is 35.3 Å². The molecule has 1 aromatic carbocycles. The van der Waals surface area contributed by atoms with E-state index in [1.165, 1.54) is 5.56 Å². The zero-order chi connectivity index (χ0) is 10.7. The average molecular weight is 200 g/mol. The summed E-state index contributed by atoms with van der Waals surface area (Å²) in [4.78, 5) is 0. The molecule has 1 heterocycles. The molecule has 0 N–H and O–H groups in total. The van der Waals surface area contributed by atoms with E-state index in [2.05, 4.69) is 16.4 Å². The Hall–Kier alpha value is -1.89. The Balaban J connectivity index is 2.01. The number of nitrogens with zero attached hydrogens (tertiary/aromatic N) is 4. The van der Waals surface area contributed by atoms with Crippen molar-refractivity contribution in [1.29, 1.82) is 5.26 Å². The molecule has 76 valence electrons. The molecule has 0 radical (unpaired) electrons. The number of rotatable bonds is 2. The molecule has 0 bridgehead atoms. The van der Waals surface area contributed by atoms with Gasteiger partial charge in [0.25, 0.3) is 0 Å². The molecule has 1 aliphatic heterocycles. The second-order valence-electron chi connectivity index (χ2n) is 3.88. The predicted molar refractivity (Wildman–Crippen MR) is 55.7 cm³/mol. The van der Waals surface area contributed by atoms with Crippen molar-refractivity contribution in [3.63, 3.8) is 0 Å². The van der Waals surface area contributed by atoms with Gasteiger partial charge in [0.1, 0.15) is 0 Å². The highest BCUT2D eigenvalue weighted by molar-refractivity contribution is 5.15. The fraction of sp³-hybridized carbons (Fsp3) is 0.364. The topological polar surface area (TPSA) is 51.8 Å². The van der Waals surface area contributed by atoms with Crippen molar-refractivity contribution in [3.8, 4) is 6.07 Å². The normalized spacial score (nSPS) is 24.1. The average Bonchev–Trinajstić information content (AvgIpc) is 2.63. The first-order valence-electron chi connectivity index (χ1n) is 4.85. The van der Waals surface area contributed by atoms with Crippen LogP contribution in [0.2, 0.25) is 0 Å².